The molecule has 1 aliphatic rings. The molecular weight excluding hydrogens is 276 g/mol. The van der Waals surface area contributed by atoms with E-state index in [0.29, 0.717) is 18.3 Å². The van der Waals surface area contributed by atoms with Gasteiger partial charge in [0, 0.05) is 0 Å². The quantitative estimate of drug-likeness (QED) is 0.340. The molecule has 3 nitrogen and oxygen atoms in total. The average molecular weight is 308 g/mol. The third-order valence-electron chi connectivity index (χ3n) is 4.43. The van der Waals surface area contributed by atoms with Crippen molar-refractivity contribution in [3.05, 3.63) is 23.3 Å². The molecule has 3 heteroatoms. The Bertz CT molecular complexity index is 393. The highest BCUT2D eigenvalue weighted by Gasteiger charge is 2.38. The van der Waals surface area contributed by atoms with Gasteiger partial charge in [-0.3, -0.25) is 0 Å². The summed E-state index contributed by atoms with van der Waals surface area (Å²) >= 11 is 0. The van der Waals surface area contributed by atoms with Crippen LogP contribution in [0.5, 0.6) is 0 Å². The van der Waals surface area contributed by atoms with E-state index in [1.54, 1.807) is 6.08 Å². The lowest BCUT2D eigenvalue weighted by molar-refractivity contribution is -0.163. The van der Waals surface area contributed by atoms with Gasteiger partial charge >= 0.3 is 0 Å². The molecule has 2 N–H and O–H groups in total. The highest BCUT2D eigenvalue weighted by Crippen LogP contribution is 2.34. The molecule has 0 aliphatic heterocycles. The lowest BCUT2D eigenvalue weighted by atomic mass is 9.82. The van der Waals surface area contributed by atoms with Gasteiger partial charge in [0.25, 0.3) is 0 Å². The van der Waals surface area contributed by atoms with Gasteiger partial charge in [-0.1, -0.05) is 76.5 Å². The second-order valence-electron chi connectivity index (χ2n) is 6.42. The van der Waals surface area contributed by atoms with Crippen LogP contribution in [-0.2, 0) is 4.79 Å². The molecule has 1 atom stereocenters. The van der Waals surface area contributed by atoms with E-state index in [1.807, 2.05) is 13.0 Å². The van der Waals surface area contributed by atoms with Crippen LogP contribution < -0.4 is 0 Å². The predicted molar refractivity (Wildman–Crippen MR) is 90.4 cm³/mol. The van der Waals surface area contributed by atoms with Crippen molar-refractivity contribution in [2.75, 3.05) is 0 Å². The van der Waals surface area contributed by atoms with Crippen molar-refractivity contribution in [2.45, 2.75) is 83.8 Å². The standard InChI is InChI=1S/C19H32O3/c1-3-5-6-7-8-9-10-12-16-13-17(11-4-2)19(21,22)18(14-16)15-20/h13-15,18,21-22H,3-12H2,1-2H3. The monoisotopic (exact) mass is 308 g/mol. The van der Waals surface area contributed by atoms with Crippen LogP contribution in [0, 0.1) is 5.92 Å². The molecule has 0 aromatic carbocycles. The molecule has 0 heterocycles. The van der Waals surface area contributed by atoms with Crippen LogP contribution in [-0.4, -0.2) is 22.3 Å². The maximum absolute atomic E-state index is 11.2. The molecule has 0 saturated carbocycles. The van der Waals surface area contributed by atoms with E-state index in [4.69, 9.17) is 0 Å². The first-order valence-corrected chi connectivity index (χ1v) is 8.88. The number of unbranched alkanes of at least 4 members (excludes halogenated alkanes) is 6. The Morgan fingerprint density at radius 3 is 2.23 bits per heavy atom. The molecule has 1 unspecified atom stereocenters. The number of hydrogen-bond acceptors (Lipinski definition) is 3. The minimum Gasteiger partial charge on any atom is -0.361 e. The molecule has 0 bridgehead atoms. The van der Waals surface area contributed by atoms with Crippen LogP contribution in [0.1, 0.15) is 78.1 Å². The minimum absolute atomic E-state index is 0.576. The summed E-state index contributed by atoms with van der Waals surface area (Å²) in [6.07, 6.45) is 15.4. The van der Waals surface area contributed by atoms with Crippen LogP contribution in [0.15, 0.2) is 23.3 Å². The highest BCUT2D eigenvalue weighted by molar-refractivity contribution is 5.62. The fourth-order valence-electron chi connectivity index (χ4n) is 3.04. The Hall–Kier alpha value is -0.930. The molecule has 0 amide bonds. The summed E-state index contributed by atoms with van der Waals surface area (Å²) in [6, 6.07) is 0. The van der Waals surface area contributed by atoms with Gasteiger partial charge in [-0.2, -0.15) is 0 Å². The average Bonchev–Trinajstić information content (AvgIpc) is 2.49. The predicted octanol–water partition coefficient (Wildman–Crippen LogP) is 4.29. The Kier molecular flexibility index (Phi) is 8.66. The zero-order chi connectivity index (χ0) is 16.4. The van der Waals surface area contributed by atoms with Gasteiger partial charge in [-0.05, 0) is 24.8 Å². The Morgan fingerprint density at radius 1 is 1.00 bits per heavy atom. The third kappa shape index (κ3) is 5.69. The van der Waals surface area contributed by atoms with E-state index < -0.39 is 11.7 Å². The molecule has 0 aromatic rings. The SMILES string of the molecule is CCCCCCCCCC1=CC(C=O)C(O)(O)C(CCC)=C1. The van der Waals surface area contributed by atoms with E-state index in [2.05, 4.69) is 6.92 Å². The summed E-state index contributed by atoms with van der Waals surface area (Å²) in [5, 5.41) is 20.3. The molecule has 0 radical (unpaired) electrons. The van der Waals surface area contributed by atoms with Crippen molar-refractivity contribution in [3.8, 4) is 0 Å². The zero-order valence-corrected chi connectivity index (χ0v) is 14.2. The zero-order valence-electron chi connectivity index (χ0n) is 14.2. The Balaban J connectivity index is 2.48. The van der Waals surface area contributed by atoms with E-state index >= 15 is 0 Å². The molecule has 0 aromatic heterocycles. The highest BCUT2D eigenvalue weighted by atomic mass is 16.5. The molecule has 22 heavy (non-hydrogen) atoms. The van der Waals surface area contributed by atoms with Crippen molar-refractivity contribution in [1.29, 1.82) is 0 Å². The van der Waals surface area contributed by atoms with Crippen molar-refractivity contribution in [1.82, 2.24) is 0 Å². The normalized spacial score (nSPS) is 20.5. The molecule has 0 spiro atoms. The first-order chi connectivity index (χ1) is 10.6. The van der Waals surface area contributed by atoms with Gasteiger partial charge in [0.2, 0.25) is 0 Å². The summed E-state index contributed by atoms with van der Waals surface area (Å²) < 4.78 is 0. The lowest BCUT2D eigenvalue weighted by Gasteiger charge is -2.32. The number of aldehydes is 1. The fourth-order valence-corrected chi connectivity index (χ4v) is 3.04. The van der Waals surface area contributed by atoms with Gasteiger partial charge in [-0.15, -0.1) is 0 Å². The van der Waals surface area contributed by atoms with Crippen LogP contribution >= 0.6 is 0 Å². The van der Waals surface area contributed by atoms with Gasteiger partial charge in [0.1, 0.15) is 6.29 Å². The van der Waals surface area contributed by atoms with Crippen molar-refractivity contribution in [2.24, 2.45) is 5.92 Å². The summed E-state index contributed by atoms with van der Waals surface area (Å²) in [4.78, 5) is 11.2. The number of allylic oxidation sites excluding steroid dienone is 2. The summed E-state index contributed by atoms with van der Waals surface area (Å²) in [5.74, 6) is -2.83. The molecule has 1 aliphatic carbocycles. The molecule has 126 valence electrons. The number of rotatable bonds is 11. The van der Waals surface area contributed by atoms with Crippen molar-refractivity contribution in [3.63, 3.8) is 0 Å². The van der Waals surface area contributed by atoms with Crippen molar-refractivity contribution < 1.29 is 15.0 Å². The maximum Gasteiger partial charge on any atom is 0.199 e. The first kappa shape index (κ1) is 19.1. The van der Waals surface area contributed by atoms with Crippen LogP contribution in [0.4, 0.5) is 0 Å². The van der Waals surface area contributed by atoms with Gasteiger partial charge in [0.05, 0.1) is 5.92 Å². The number of carbonyl (C=O) groups excluding carboxylic acids is 1. The van der Waals surface area contributed by atoms with Crippen LogP contribution in [0.3, 0.4) is 0 Å². The van der Waals surface area contributed by atoms with E-state index in [9.17, 15) is 15.0 Å². The fraction of sp³-hybridized carbons (Fsp3) is 0.737. The third-order valence-corrected chi connectivity index (χ3v) is 4.43. The number of carbonyl (C=O) groups is 1. The second kappa shape index (κ2) is 9.96. The van der Waals surface area contributed by atoms with Gasteiger partial charge in [0.15, 0.2) is 5.79 Å². The van der Waals surface area contributed by atoms with Crippen LogP contribution in [0.25, 0.3) is 0 Å². The maximum atomic E-state index is 11.2. The number of aliphatic hydroxyl groups is 2. The minimum atomic E-state index is -2.00. The summed E-state index contributed by atoms with van der Waals surface area (Å²) in [5.41, 5.74) is 1.65. The number of hydrogen-bond donors (Lipinski definition) is 2. The molecule has 1 rings (SSSR count). The van der Waals surface area contributed by atoms with Crippen LogP contribution in [0.2, 0.25) is 0 Å². The van der Waals surface area contributed by atoms with E-state index in [0.717, 1.165) is 24.8 Å². The molecule has 0 saturated heterocycles. The smallest absolute Gasteiger partial charge is 0.199 e. The molecule has 0 fully saturated rings. The summed E-state index contributed by atoms with van der Waals surface area (Å²) in [6.45, 7) is 4.22. The lowest BCUT2D eigenvalue weighted by Crippen LogP contribution is -2.41. The largest absolute Gasteiger partial charge is 0.361 e. The van der Waals surface area contributed by atoms with Gasteiger partial charge in [-0.25, -0.2) is 0 Å². The molecular formula is C19H32O3. The van der Waals surface area contributed by atoms with Gasteiger partial charge < -0.3 is 15.0 Å². The van der Waals surface area contributed by atoms with E-state index in [1.165, 1.54) is 38.5 Å². The van der Waals surface area contributed by atoms with E-state index in [-0.39, 0.29) is 0 Å². The Morgan fingerprint density at radius 2 is 1.64 bits per heavy atom. The Labute approximate surface area is 135 Å². The van der Waals surface area contributed by atoms with Crippen molar-refractivity contribution >= 4 is 6.29 Å². The first-order valence-electron chi connectivity index (χ1n) is 8.88. The second-order valence-corrected chi connectivity index (χ2v) is 6.42. The summed E-state index contributed by atoms with van der Waals surface area (Å²) in [7, 11) is 0. The topological polar surface area (TPSA) is 57.5 Å².